The minimum atomic E-state index is -0.406. The third-order valence-electron chi connectivity index (χ3n) is 5.02. The van der Waals surface area contributed by atoms with E-state index in [0.717, 1.165) is 18.4 Å². The fourth-order valence-corrected chi connectivity index (χ4v) is 3.57. The molecule has 4 heterocycles. The lowest BCUT2D eigenvalue weighted by Gasteiger charge is -2.17. The average molecular weight is 367 g/mol. The van der Waals surface area contributed by atoms with Crippen LogP contribution in [0.5, 0.6) is 0 Å². The van der Waals surface area contributed by atoms with E-state index in [0.29, 0.717) is 29.8 Å². The van der Waals surface area contributed by atoms with Crippen LogP contribution in [0.15, 0.2) is 29.2 Å². The van der Waals surface area contributed by atoms with Gasteiger partial charge in [-0.15, -0.1) is 0 Å². The molecule has 3 aromatic rings. The summed E-state index contributed by atoms with van der Waals surface area (Å²) >= 11 is 0. The summed E-state index contributed by atoms with van der Waals surface area (Å²) in [5.41, 5.74) is 1.73. The molecule has 4 rings (SSSR count). The van der Waals surface area contributed by atoms with Crippen molar-refractivity contribution in [3.8, 4) is 0 Å². The Labute approximate surface area is 154 Å². The van der Waals surface area contributed by atoms with Crippen LogP contribution in [0.1, 0.15) is 28.8 Å². The van der Waals surface area contributed by atoms with E-state index in [1.807, 2.05) is 13.0 Å². The number of pyridine rings is 2. The maximum Gasteiger partial charge on any atom is 0.267 e. The van der Waals surface area contributed by atoms with Gasteiger partial charge in [-0.1, -0.05) is 6.07 Å². The third kappa shape index (κ3) is 2.82. The lowest BCUT2D eigenvalue weighted by molar-refractivity contribution is 0.0938. The lowest BCUT2D eigenvalue weighted by atomic mass is 10.1. The Balaban J connectivity index is 2.09. The number of amides is 1. The Hall–Kier alpha value is -3.00. The zero-order valence-corrected chi connectivity index (χ0v) is 15.3. The summed E-state index contributed by atoms with van der Waals surface area (Å²) in [7, 11) is 1.51. The van der Waals surface area contributed by atoms with E-state index in [-0.39, 0.29) is 22.7 Å². The Kier molecular flexibility index (Phi) is 4.27. The highest BCUT2D eigenvalue weighted by Crippen LogP contribution is 2.17. The van der Waals surface area contributed by atoms with Gasteiger partial charge in [0.25, 0.3) is 11.5 Å². The van der Waals surface area contributed by atoms with Crippen LogP contribution in [0, 0.1) is 12.3 Å². The Morgan fingerprint density at radius 2 is 2.26 bits per heavy atom. The zero-order chi connectivity index (χ0) is 19.1. The number of hydrogen-bond donors (Lipinski definition) is 2. The number of nitrogens with zero attached hydrogens (tertiary/aromatic N) is 3. The number of nitrogens with one attached hydrogen (secondary N) is 2. The van der Waals surface area contributed by atoms with Gasteiger partial charge < -0.3 is 14.6 Å². The van der Waals surface area contributed by atoms with Crippen molar-refractivity contribution in [2.24, 2.45) is 0 Å². The Bertz CT molecular complexity index is 1170. The van der Waals surface area contributed by atoms with Gasteiger partial charge in [0.1, 0.15) is 16.8 Å². The van der Waals surface area contributed by atoms with Crippen LogP contribution < -0.4 is 16.4 Å². The number of fused-ring (bicyclic) bond motifs is 2. The summed E-state index contributed by atoms with van der Waals surface area (Å²) in [5.74, 6) is -0.406. The molecule has 0 saturated carbocycles. The minimum absolute atomic E-state index is 0.0298. The predicted molar refractivity (Wildman–Crippen MR) is 99.9 cm³/mol. The van der Waals surface area contributed by atoms with E-state index in [2.05, 4.69) is 10.3 Å². The molecule has 140 valence electrons. The Morgan fingerprint density at radius 3 is 2.96 bits per heavy atom. The molecule has 1 atom stereocenters. The molecular weight excluding hydrogens is 346 g/mol. The van der Waals surface area contributed by atoms with Crippen LogP contribution in [0.3, 0.4) is 0 Å². The molecule has 0 bridgehead atoms. The van der Waals surface area contributed by atoms with Gasteiger partial charge in [0.2, 0.25) is 0 Å². The van der Waals surface area contributed by atoms with Gasteiger partial charge in [-0.25, -0.2) is 4.98 Å². The SMILES string of the molecule is CNC(=O)c1cc2c(=O)n3cccc(C)c3nc2n(C[C@H]2CCCO2)c1=N. The van der Waals surface area contributed by atoms with Crippen LogP contribution in [-0.2, 0) is 11.3 Å². The van der Waals surface area contributed by atoms with Crippen molar-refractivity contribution in [3.05, 3.63) is 51.4 Å². The van der Waals surface area contributed by atoms with E-state index >= 15 is 0 Å². The molecule has 0 aliphatic carbocycles. The van der Waals surface area contributed by atoms with Crippen molar-refractivity contribution in [2.75, 3.05) is 13.7 Å². The number of ether oxygens (including phenoxy) is 1. The molecular formula is C19H21N5O3. The topological polar surface area (TPSA) is 101 Å². The van der Waals surface area contributed by atoms with Crippen LogP contribution in [-0.4, -0.2) is 39.6 Å². The first-order chi connectivity index (χ1) is 13.0. The maximum absolute atomic E-state index is 13.1. The van der Waals surface area contributed by atoms with Gasteiger partial charge in [0.15, 0.2) is 0 Å². The van der Waals surface area contributed by atoms with Crippen molar-refractivity contribution in [1.82, 2.24) is 19.3 Å². The predicted octanol–water partition coefficient (Wildman–Crippen LogP) is 0.976. The molecule has 3 aromatic heterocycles. The number of carbonyl (C=O) groups is 1. The van der Waals surface area contributed by atoms with E-state index in [4.69, 9.17) is 10.1 Å². The second-order valence-electron chi connectivity index (χ2n) is 6.77. The van der Waals surface area contributed by atoms with Gasteiger partial charge in [-0.05, 0) is 37.5 Å². The van der Waals surface area contributed by atoms with Crippen molar-refractivity contribution in [3.63, 3.8) is 0 Å². The van der Waals surface area contributed by atoms with Crippen molar-refractivity contribution in [1.29, 1.82) is 5.41 Å². The standard InChI is InChI=1S/C19H21N5O3/c1-11-5-3-7-23-16(11)22-17-14(19(23)26)9-13(18(25)21-2)15(20)24(17)10-12-6-4-8-27-12/h3,5,7,9,12,20H,4,6,8,10H2,1-2H3,(H,21,25)/t12-/m1/s1. The molecule has 0 unspecified atom stereocenters. The van der Waals surface area contributed by atoms with Crippen LogP contribution in [0.25, 0.3) is 16.7 Å². The van der Waals surface area contributed by atoms with Gasteiger partial charge in [-0.2, -0.15) is 0 Å². The Morgan fingerprint density at radius 1 is 1.44 bits per heavy atom. The maximum atomic E-state index is 13.1. The molecule has 1 amide bonds. The second kappa shape index (κ2) is 6.62. The molecule has 8 heteroatoms. The molecule has 1 fully saturated rings. The summed E-state index contributed by atoms with van der Waals surface area (Å²) < 4.78 is 8.82. The zero-order valence-electron chi connectivity index (χ0n) is 15.3. The van der Waals surface area contributed by atoms with E-state index in [1.54, 1.807) is 16.8 Å². The van der Waals surface area contributed by atoms with Crippen molar-refractivity contribution in [2.45, 2.75) is 32.4 Å². The second-order valence-corrected chi connectivity index (χ2v) is 6.77. The monoisotopic (exact) mass is 367 g/mol. The first kappa shape index (κ1) is 17.4. The molecule has 27 heavy (non-hydrogen) atoms. The largest absolute Gasteiger partial charge is 0.376 e. The molecule has 2 N–H and O–H groups in total. The number of rotatable bonds is 3. The van der Waals surface area contributed by atoms with Gasteiger partial charge in [0.05, 0.1) is 23.6 Å². The summed E-state index contributed by atoms with van der Waals surface area (Å²) in [6, 6.07) is 5.14. The quantitative estimate of drug-likeness (QED) is 0.674. The summed E-state index contributed by atoms with van der Waals surface area (Å²) in [6.07, 6.45) is 3.45. The summed E-state index contributed by atoms with van der Waals surface area (Å²) in [4.78, 5) is 30.1. The third-order valence-corrected chi connectivity index (χ3v) is 5.02. The highest BCUT2D eigenvalue weighted by Gasteiger charge is 2.21. The van der Waals surface area contributed by atoms with E-state index in [1.165, 1.54) is 17.5 Å². The highest BCUT2D eigenvalue weighted by atomic mass is 16.5. The van der Waals surface area contributed by atoms with Gasteiger partial charge in [0, 0.05) is 19.9 Å². The molecule has 0 radical (unpaired) electrons. The number of aromatic nitrogens is 3. The summed E-state index contributed by atoms with van der Waals surface area (Å²) in [5, 5.41) is 11.4. The van der Waals surface area contributed by atoms with Crippen LogP contribution in [0.2, 0.25) is 0 Å². The highest BCUT2D eigenvalue weighted by molar-refractivity contribution is 5.96. The number of hydrogen-bond acceptors (Lipinski definition) is 5. The molecule has 0 spiro atoms. The average Bonchev–Trinajstić information content (AvgIpc) is 3.18. The van der Waals surface area contributed by atoms with E-state index in [9.17, 15) is 9.59 Å². The fourth-order valence-electron chi connectivity index (χ4n) is 3.57. The smallest absolute Gasteiger partial charge is 0.267 e. The molecule has 1 aliphatic heterocycles. The molecule has 0 aromatic carbocycles. The van der Waals surface area contributed by atoms with Crippen molar-refractivity contribution >= 4 is 22.6 Å². The molecule has 1 saturated heterocycles. The lowest BCUT2D eigenvalue weighted by Crippen LogP contribution is -2.35. The first-order valence-corrected chi connectivity index (χ1v) is 8.95. The molecule has 1 aliphatic rings. The molecule has 8 nitrogen and oxygen atoms in total. The minimum Gasteiger partial charge on any atom is -0.376 e. The summed E-state index contributed by atoms with van der Waals surface area (Å²) in [6.45, 7) is 2.96. The number of aryl methyl sites for hydroxylation is 1. The first-order valence-electron chi connectivity index (χ1n) is 8.95. The van der Waals surface area contributed by atoms with Gasteiger partial charge in [-0.3, -0.25) is 19.4 Å². The van der Waals surface area contributed by atoms with Crippen molar-refractivity contribution < 1.29 is 9.53 Å². The fraction of sp³-hybridized carbons (Fsp3) is 0.368. The van der Waals surface area contributed by atoms with Crippen LogP contribution >= 0.6 is 0 Å². The normalized spacial score (nSPS) is 16.9. The van der Waals surface area contributed by atoms with E-state index < -0.39 is 5.91 Å². The number of carbonyl (C=O) groups excluding carboxylic acids is 1. The van der Waals surface area contributed by atoms with Crippen LogP contribution in [0.4, 0.5) is 0 Å². The van der Waals surface area contributed by atoms with Gasteiger partial charge >= 0.3 is 0 Å².